The van der Waals surface area contributed by atoms with E-state index in [2.05, 4.69) is 73.7 Å². The van der Waals surface area contributed by atoms with Gasteiger partial charge in [0, 0.05) is 10.0 Å². The van der Waals surface area contributed by atoms with Gasteiger partial charge in [0.2, 0.25) is 0 Å². The molecule has 0 bridgehead atoms. The lowest BCUT2D eigenvalue weighted by atomic mass is 9.76. The van der Waals surface area contributed by atoms with E-state index >= 15 is 0 Å². The predicted molar refractivity (Wildman–Crippen MR) is 115 cm³/mol. The average Bonchev–Trinajstić information content (AvgIpc) is 3.04. The first-order chi connectivity index (χ1) is 12.6. The van der Waals surface area contributed by atoms with Crippen molar-refractivity contribution in [1.29, 1.82) is 0 Å². The highest BCUT2D eigenvalue weighted by atomic mass is 79.9. The van der Waals surface area contributed by atoms with Crippen LogP contribution in [0.5, 0.6) is 5.75 Å². The highest BCUT2D eigenvalue weighted by Crippen LogP contribution is 2.41. The molecule has 0 radical (unpaired) electrons. The van der Waals surface area contributed by atoms with Gasteiger partial charge >= 0.3 is 0 Å². The van der Waals surface area contributed by atoms with Gasteiger partial charge in [-0.2, -0.15) is 0 Å². The van der Waals surface area contributed by atoms with Crippen molar-refractivity contribution in [2.45, 2.75) is 65.2 Å². The number of rotatable bonds is 5. The van der Waals surface area contributed by atoms with Crippen molar-refractivity contribution in [3.05, 3.63) is 45.9 Å². The second-order valence-corrected chi connectivity index (χ2v) is 9.40. The van der Waals surface area contributed by atoms with E-state index in [-0.39, 0.29) is 16.6 Å². The maximum atomic E-state index is 11.1. The van der Waals surface area contributed by atoms with Crippen LogP contribution in [0.2, 0.25) is 0 Å². The zero-order chi connectivity index (χ0) is 20.0. The SMILES string of the molecule is CCC(C)(C)c1cc(-n2nc3ccc(Br)cc3n2)c(O)c(C(C)(C)CC)c1. The predicted octanol–water partition coefficient (Wildman–Crippen LogP) is 6.26. The van der Waals surface area contributed by atoms with Gasteiger partial charge in [0.15, 0.2) is 0 Å². The second kappa shape index (κ2) is 6.93. The fourth-order valence-electron chi connectivity index (χ4n) is 3.07. The Labute approximate surface area is 169 Å². The molecule has 3 aromatic rings. The van der Waals surface area contributed by atoms with Gasteiger partial charge in [-0.25, -0.2) is 0 Å². The van der Waals surface area contributed by atoms with Crippen LogP contribution in [-0.2, 0) is 10.8 Å². The average molecular weight is 430 g/mol. The van der Waals surface area contributed by atoms with Gasteiger partial charge in [0.05, 0.1) is 0 Å². The molecule has 1 aromatic heterocycles. The van der Waals surface area contributed by atoms with Crippen LogP contribution in [0.4, 0.5) is 0 Å². The summed E-state index contributed by atoms with van der Waals surface area (Å²) in [5, 5.41) is 20.4. The lowest BCUT2D eigenvalue weighted by Gasteiger charge is -2.30. The first-order valence-corrected chi connectivity index (χ1v) is 10.3. The topological polar surface area (TPSA) is 50.9 Å². The third-order valence-corrected chi connectivity index (χ3v) is 6.42. The third-order valence-electron chi connectivity index (χ3n) is 5.93. The first-order valence-electron chi connectivity index (χ1n) is 9.50. The van der Waals surface area contributed by atoms with E-state index in [9.17, 15) is 5.11 Å². The summed E-state index contributed by atoms with van der Waals surface area (Å²) in [5.74, 6) is 0.261. The number of fused-ring (bicyclic) bond motifs is 1. The van der Waals surface area contributed by atoms with Crippen molar-refractivity contribution in [3.63, 3.8) is 0 Å². The maximum absolute atomic E-state index is 11.1. The molecule has 4 nitrogen and oxygen atoms in total. The molecule has 5 heteroatoms. The summed E-state index contributed by atoms with van der Waals surface area (Å²) in [6.45, 7) is 13.1. The van der Waals surface area contributed by atoms with Crippen LogP contribution in [-0.4, -0.2) is 20.1 Å². The largest absolute Gasteiger partial charge is 0.505 e. The van der Waals surface area contributed by atoms with Crippen molar-refractivity contribution in [2.75, 3.05) is 0 Å². The molecule has 0 spiro atoms. The summed E-state index contributed by atoms with van der Waals surface area (Å²) in [7, 11) is 0. The number of hydrogen-bond donors (Lipinski definition) is 1. The Hall–Kier alpha value is -1.88. The van der Waals surface area contributed by atoms with E-state index < -0.39 is 0 Å². The highest BCUT2D eigenvalue weighted by Gasteiger charge is 2.29. The molecule has 2 aromatic carbocycles. The molecule has 0 saturated carbocycles. The zero-order valence-electron chi connectivity index (χ0n) is 17.0. The summed E-state index contributed by atoms with van der Waals surface area (Å²) < 4.78 is 0.958. The van der Waals surface area contributed by atoms with Crippen molar-refractivity contribution >= 4 is 27.0 Å². The Bertz CT molecular complexity index is 989. The van der Waals surface area contributed by atoms with E-state index in [1.54, 1.807) is 4.80 Å². The number of halogens is 1. The summed E-state index contributed by atoms with van der Waals surface area (Å²) in [6, 6.07) is 10.0. The molecule has 0 unspecified atom stereocenters. The lowest BCUT2D eigenvalue weighted by molar-refractivity contribution is 0.420. The Morgan fingerprint density at radius 3 is 2.19 bits per heavy atom. The standard InChI is InChI=1S/C22H28BrN3O/c1-7-21(3,4)14-11-16(22(5,6)8-2)20(27)19(12-14)26-24-17-10-9-15(23)13-18(17)25-26/h9-13,27H,7-8H2,1-6H3. The second-order valence-electron chi connectivity index (χ2n) is 8.49. The Morgan fingerprint density at radius 2 is 1.56 bits per heavy atom. The lowest BCUT2D eigenvalue weighted by Crippen LogP contribution is -2.21. The van der Waals surface area contributed by atoms with Gasteiger partial charge in [-0.1, -0.05) is 63.5 Å². The van der Waals surface area contributed by atoms with E-state index in [0.717, 1.165) is 33.9 Å². The molecule has 0 amide bonds. The first kappa shape index (κ1) is 19.9. The summed E-state index contributed by atoms with van der Waals surface area (Å²) in [4.78, 5) is 1.57. The molecular formula is C22H28BrN3O. The number of hydrogen-bond acceptors (Lipinski definition) is 3. The highest BCUT2D eigenvalue weighted by molar-refractivity contribution is 9.10. The van der Waals surface area contributed by atoms with Crippen molar-refractivity contribution in [2.24, 2.45) is 0 Å². The van der Waals surface area contributed by atoms with Crippen LogP contribution in [0, 0.1) is 0 Å². The number of nitrogens with zero attached hydrogens (tertiary/aromatic N) is 3. The normalized spacial score (nSPS) is 12.7. The zero-order valence-corrected chi connectivity index (χ0v) is 18.6. The quantitative estimate of drug-likeness (QED) is 0.520. The van der Waals surface area contributed by atoms with Crippen LogP contribution in [0.15, 0.2) is 34.8 Å². The van der Waals surface area contributed by atoms with Crippen molar-refractivity contribution < 1.29 is 5.11 Å². The molecule has 144 valence electrons. The summed E-state index contributed by atoms with van der Waals surface area (Å²) >= 11 is 3.48. The Morgan fingerprint density at radius 1 is 0.926 bits per heavy atom. The number of benzene rings is 2. The molecule has 1 heterocycles. The summed E-state index contributed by atoms with van der Waals surface area (Å²) in [6.07, 6.45) is 1.93. The van der Waals surface area contributed by atoms with E-state index in [4.69, 9.17) is 0 Å². The fourth-order valence-corrected chi connectivity index (χ4v) is 3.42. The molecule has 0 atom stereocenters. The minimum Gasteiger partial charge on any atom is -0.505 e. The van der Waals surface area contributed by atoms with Crippen molar-refractivity contribution in [3.8, 4) is 11.4 Å². The molecular weight excluding hydrogens is 402 g/mol. The molecule has 0 aliphatic heterocycles. The fraction of sp³-hybridized carbons (Fsp3) is 0.455. The van der Waals surface area contributed by atoms with Gasteiger partial charge in [-0.3, -0.25) is 0 Å². The smallest absolute Gasteiger partial charge is 0.146 e. The molecule has 0 saturated heterocycles. The molecule has 1 N–H and O–H groups in total. The molecule has 0 aliphatic rings. The van der Waals surface area contributed by atoms with Crippen LogP contribution < -0.4 is 0 Å². The monoisotopic (exact) mass is 429 g/mol. The van der Waals surface area contributed by atoms with Gasteiger partial charge < -0.3 is 5.11 Å². The third kappa shape index (κ3) is 3.62. The molecule has 3 rings (SSSR count). The van der Waals surface area contributed by atoms with Crippen LogP contribution >= 0.6 is 15.9 Å². The van der Waals surface area contributed by atoms with E-state index in [1.165, 1.54) is 5.56 Å². The number of aromatic nitrogens is 3. The minimum atomic E-state index is -0.145. The molecule has 0 fully saturated rings. The van der Waals surface area contributed by atoms with Crippen LogP contribution in [0.3, 0.4) is 0 Å². The number of phenols is 1. The van der Waals surface area contributed by atoms with E-state index in [1.807, 2.05) is 24.3 Å². The van der Waals surface area contributed by atoms with Crippen LogP contribution in [0.25, 0.3) is 16.7 Å². The van der Waals surface area contributed by atoms with Gasteiger partial charge in [-0.15, -0.1) is 15.0 Å². The van der Waals surface area contributed by atoms with Crippen LogP contribution in [0.1, 0.15) is 65.5 Å². The molecule has 0 aliphatic carbocycles. The minimum absolute atomic E-state index is 0.00335. The van der Waals surface area contributed by atoms with Gasteiger partial charge in [-0.05, 0) is 53.5 Å². The Balaban J connectivity index is 2.29. The van der Waals surface area contributed by atoms with Gasteiger partial charge in [0.1, 0.15) is 22.5 Å². The Kier molecular flexibility index (Phi) is 5.10. The molecule has 27 heavy (non-hydrogen) atoms. The number of aromatic hydroxyl groups is 1. The van der Waals surface area contributed by atoms with E-state index in [0.29, 0.717) is 5.69 Å². The van der Waals surface area contributed by atoms with Gasteiger partial charge in [0.25, 0.3) is 0 Å². The van der Waals surface area contributed by atoms with Crippen molar-refractivity contribution in [1.82, 2.24) is 15.0 Å². The summed E-state index contributed by atoms with van der Waals surface area (Å²) in [5.41, 5.74) is 4.22. The maximum Gasteiger partial charge on any atom is 0.146 e. The number of phenolic OH excluding ortho intramolecular Hbond substituents is 1.